The van der Waals surface area contributed by atoms with Gasteiger partial charge in [0.2, 0.25) is 0 Å². The predicted octanol–water partition coefficient (Wildman–Crippen LogP) is 3.47. The van der Waals surface area contributed by atoms with Crippen molar-refractivity contribution < 1.29 is 9.47 Å². The van der Waals surface area contributed by atoms with Gasteiger partial charge in [-0.2, -0.15) is 0 Å². The van der Waals surface area contributed by atoms with Crippen LogP contribution in [0.15, 0.2) is 12.1 Å². The largest absolute Gasteiger partial charge is 0.493 e. The van der Waals surface area contributed by atoms with Crippen molar-refractivity contribution in [3.8, 4) is 11.5 Å². The third-order valence-corrected chi connectivity index (χ3v) is 3.90. The van der Waals surface area contributed by atoms with E-state index >= 15 is 0 Å². The summed E-state index contributed by atoms with van der Waals surface area (Å²) in [6.07, 6.45) is 6.13. The fourth-order valence-corrected chi connectivity index (χ4v) is 2.82. The van der Waals surface area contributed by atoms with Crippen LogP contribution < -0.4 is 14.8 Å². The maximum Gasteiger partial charge on any atom is 0.161 e. The Morgan fingerprint density at radius 2 is 1.89 bits per heavy atom. The van der Waals surface area contributed by atoms with Crippen LogP contribution in [0.2, 0.25) is 0 Å². The Labute approximate surface area is 116 Å². The van der Waals surface area contributed by atoms with E-state index in [4.69, 9.17) is 9.47 Å². The van der Waals surface area contributed by atoms with Gasteiger partial charge in [0.15, 0.2) is 11.5 Å². The zero-order valence-electron chi connectivity index (χ0n) is 12.3. The third kappa shape index (κ3) is 3.21. The molecule has 0 aliphatic carbocycles. The molecule has 106 valence electrons. The summed E-state index contributed by atoms with van der Waals surface area (Å²) in [4.78, 5) is 0. The predicted molar refractivity (Wildman–Crippen MR) is 78.1 cm³/mol. The molecule has 0 bridgehead atoms. The molecule has 1 N–H and O–H groups in total. The molecular weight excluding hydrogens is 238 g/mol. The fraction of sp³-hybridized carbons (Fsp3) is 0.625. The first-order chi connectivity index (χ1) is 9.30. The molecule has 1 aliphatic rings. The molecule has 1 heterocycles. The molecule has 19 heavy (non-hydrogen) atoms. The molecule has 1 unspecified atom stereocenters. The summed E-state index contributed by atoms with van der Waals surface area (Å²) >= 11 is 0. The number of methoxy groups -OCH3 is 2. The first-order valence-corrected chi connectivity index (χ1v) is 7.28. The van der Waals surface area contributed by atoms with Crippen molar-refractivity contribution in [2.45, 2.75) is 45.1 Å². The third-order valence-electron chi connectivity index (χ3n) is 3.90. The highest BCUT2D eigenvalue weighted by Crippen LogP contribution is 2.36. The van der Waals surface area contributed by atoms with Crippen molar-refractivity contribution in [2.75, 3.05) is 20.8 Å². The molecule has 0 fully saturated rings. The molecule has 0 saturated carbocycles. The lowest BCUT2D eigenvalue weighted by Crippen LogP contribution is -2.29. The number of unbranched alkanes of at least 4 members (excludes halogenated alkanes) is 2. The van der Waals surface area contributed by atoms with Crippen LogP contribution in [0.5, 0.6) is 11.5 Å². The average molecular weight is 263 g/mol. The zero-order chi connectivity index (χ0) is 13.7. The maximum atomic E-state index is 5.42. The van der Waals surface area contributed by atoms with E-state index < -0.39 is 0 Å². The molecule has 1 aromatic carbocycles. The number of hydrogen-bond acceptors (Lipinski definition) is 3. The van der Waals surface area contributed by atoms with Crippen LogP contribution in [0.1, 0.15) is 49.8 Å². The summed E-state index contributed by atoms with van der Waals surface area (Å²) in [6.45, 7) is 3.30. The van der Waals surface area contributed by atoms with E-state index in [1.54, 1.807) is 14.2 Å². The van der Waals surface area contributed by atoms with Crippen molar-refractivity contribution in [1.82, 2.24) is 5.32 Å². The van der Waals surface area contributed by atoms with E-state index in [9.17, 15) is 0 Å². The van der Waals surface area contributed by atoms with E-state index in [0.717, 1.165) is 24.5 Å². The van der Waals surface area contributed by atoms with E-state index in [1.807, 2.05) is 0 Å². The van der Waals surface area contributed by atoms with Gasteiger partial charge in [0.05, 0.1) is 14.2 Å². The van der Waals surface area contributed by atoms with Crippen LogP contribution in [0.3, 0.4) is 0 Å². The van der Waals surface area contributed by atoms with Crippen molar-refractivity contribution >= 4 is 0 Å². The summed E-state index contributed by atoms with van der Waals surface area (Å²) in [6, 6.07) is 4.76. The highest BCUT2D eigenvalue weighted by Gasteiger charge is 2.21. The Kier molecular flexibility index (Phi) is 5.08. The van der Waals surface area contributed by atoms with E-state index in [0.29, 0.717) is 6.04 Å². The summed E-state index contributed by atoms with van der Waals surface area (Å²) in [5, 5.41) is 3.63. The smallest absolute Gasteiger partial charge is 0.161 e. The molecule has 1 aromatic rings. The van der Waals surface area contributed by atoms with Gasteiger partial charge in [-0.25, -0.2) is 0 Å². The Balaban J connectivity index is 2.22. The summed E-state index contributed by atoms with van der Waals surface area (Å²) < 4.78 is 10.8. The minimum atomic E-state index is 0.468. The first kappa shape index (κ1) is 14.2. The monoisotopic (exact) mass is 263 g/mol. The summed E-state index contributed by atoms with van der Waals surface area (Å²) in [5.74, 6) is 1.68. The van der Waals surface area contributed by atoms with Crippen LogP contribution in [-0.4, -0.2) is 20.8 Å². The number of benzene rings is 1. The van der Waals surface area contributed by atoms with Crippen LogP contribution in [0, 0.1) is 0 Å². The lowest BCUT2D eigenvalue weighted by atomic mass is 9.90. The quantitative estimate of drug-likeness (QED) is 0.797. The molecule has 0 aromatic heterocycles. The Morgan fingerprint density at radius 3 is 2.58 bits per heavy atom. The van der Waals surface area contributed by atoms with Gasteiger partial charge in [-0.15, -0.1) is 0 Å². The lowest BCUT2D eigenvalue weighted by Gasteiger charge is -2.28. The second kappa shape index (κ2) is 6.80. The van der Waals surface area contributed by atoms with Gasteiger partial charge in [0.25, 0.3) is 0 Å². The Hall–Kier alpha value is -1.22. The van der Waals surface area contributed by atoms with Crippen molar-refractivity contribution in [3.05, 3.63) is 23.3 Å². The number of fused-ring (bicyclic) bond motifs is 1. The minimum absolute atomic E-state index is 0.468. The zero-order valence-corrected chi connectivity index (χ0v) is 12.3. The number of rotatable bonds is 6. The maximum absolute atomic E-state index is 5.42. The summed E-state index contributed by atoms with van der Waals surface area (Å²) in [7, 11) is 3.40. The van der Waals surface area contributed by atoms with Crippen LogP contribution >= 0.6 is 0 Å². The molecule has 0 amide bonds. The Bertz CT molecular complexity index is 417. The van der Waals surface area contributed by atoms with Crippen LogP contribution in [0.4, 0.5) is 0 Å². The fourth-order valence-electron chi connectivity index (χ4n) is 2.82. The molecule has 2 rings (SSSR count). The molecular formula is C16H25NO2. The molecule has 0 saturated heterocycles. The van der Waals surface area contributed by atoms with E-state index in [2.05, 4.69) is 24.4 Å². The summed E-state index contributed by atoms with van der Waals surface area (Å²) in [5.41, 5.74) is 2.79. The second-order valence-corrected chi connectivity index (χ2v) is 5.16. The molecule has 1 aliphatic heterocycles. The van der Waals surface area contributed by atoms with Gasteiger partial charge in [0.1, 0.15) is 0 Å². The number of nitrogens with one attached hydrogen (secondary N) is 1. The van der Waals surface area contributed by atoms with Gasteiger partial charge in [-0.05, 0) is 42.6 Å². The molecule has 1 atom stereocenters. The van der Waals surface area contributed by atoms with E-state index in [-0.39, 0.29) is 0 Å². The van der Waals surface area contributed by atoms with Gasteiger partial charge in [-0.3, -0.25) is 0 Å². The first-order valence-electron chi connectivity index (χ1n) is 7.28. The normalized spacial score (nSPS) is 17.9. The van der Waals surface area contributed by atoms with Crippen molar-refractivity contribution in [1.29, 1.82) is 0 Å². The SMILES string of the molecule is CCCCCC1NCCc2cc(OC)c(OC)cc21. The Morgan fingerprint density at radius 1 is 1.16 bits per heavy atom. The number of ether oxygens (including phenoxy) is 2. The molecule has 0 spiro atoms. The average Bonchev–Trinajstić information content (AvgIpc) is 2.46. The topological polar surface area (TPSA) is 30.5 Å². The highest BCUT2D eigenvalue weighted by atomic mass is 16.5. The van der Waals surface area contributed by atoms with Crippen molar-refractivity contribution in [3.63, 3.8) is 0 Å². The minimum Gasteiger partial charge on any atom is -0.493 e. The van der Waals surface area contributed by atoms with Gasteiger partial charge in [0, 0.05) is 6.04 Å². The van der Waals surface area contributed by atoms with Crippen molar-refractivity contribution in [2.24, 2.45) is 0 Å². The van der Waals surface area contributed by atoms with Gasteiger partial charge in [-0.1, -0.05) is 26.2 Å². The van der Waals surface area contributed by atoms with Gasteiger partial charge >= 0.3 is 0 Å². The van der Waals surface area contributed by atoms with Crippen LogP contribution in [0.25, 0.3) is 0 Å². The molecule has 3 nitrogen and oxygen atoms in total. The second-order valence-electron chi connectivity index (χ2n) is 5.16. The standard InChI is InChI=1S/C16H25NO2/c1-4-5-6-7-14-13-11-16(19-3)15(18-2)10-12(13)8-9-17-14/h10-11,14,17H,4-9H2,1-3H3. The van der Waals surface area contributed by atoms with Gasteiger partial charge < -0.3 is 14.8 Å². The van der Waals surface area contributed by atoms with Crippen LogP contribution in [-0.2, 0) is 6.42 Å². The molecule has 0 radical (unpaired) electrons. The molecule has 3 heteroatoms. The lowest BCUT2D eigenvalue weighted by molar-refractivity contribution is 0.351. The number of hydrogen-bond donors (Lipinski definition) is 1. The van der Waals surface area contributed by atoms with E-state index in [1.165, 1.54) is 36.8 Å². The highest BCUT2D eigenvalue weighted by molar-refractivity contribution is 5.49.